The molecule has 1 aliphatic heterocycles. The number of nitrogens with zero attached hydrogens (tertiary/aromatic N) is 4. The van der Waals surface area contributed by atoms with Gasteiger partial charge in [0.05, 0.1) is 19.8 Å². The van der Waals surface area contributed by atoms with E-state index < -0.39 is 11.7 Å². The topological polar surface area (TPSA) is 99.2 Å². The van der Waals surface area contributed by atoms with E-state index in [1.807, 2.05) is 6.92 Å². The van der Waals surface area contributed by atoms with Crippen molar-refractivity contribution in [2.75, 3.05) is 13.2 Å². The second-order valence-corrected chi connectivity index (χ2v) is 4.32. The summed E-state index contributed by atoms with van der Waals surface area (Å²) in [6.07, 6.45) is 1.89. The molecule has 1 aromatic heterocycles. The molecule has 1 fully saturated rings. The van der Waals surface area contributed by atoms with Crippen LogP contribution in [0, 0.1) is 5.41 Å². The molecule has 0 aliphatic carbocycles. The van der Waals surface area contributed by atoms with Gasteiger partial charge in [0.1, 0.15) is 0 Å². The maximum absolute atomic E-state index is 11.7. The van der Waals surface area contributed by atoms with Crippen molar-refractivity contribution in [1.82, 2.24) is 19.8 Å². The van der Waals surface area contributed by atoms with Crippen LogP contribution in [0.5, 0.6) is 0 Å². The third kappa shape index (κ3) is 2.41. The molecular formula is C9H12N4O4. The van der Waals surface area contributed by atoms with Crippen LogP contribution in [-0.2, 0) is 16.1 Å². The van der Waals surface area contributed by atoms with Crippen LogP contribution in [0.3, 0.4) is 0 Å². The maximum atomic E-state index is 11.7. The monoisotopic (exact) mass is 240 g/mol. The lowest BCUT2D eigenvalue weighted by molar-refractivity contribution is -0.131. The van der Waals surface area contributed by atoms with E-state index in [1.165, 1.54) is 4.68 Å². The molecule has 1 aromatic rings. The smallest absolute Gasteiger partial charge is 0.367 e. The number of ether oxygens (including phenoxy) is 1. The Hall–Kier alpha value is -1.96. The van der Waals surface area contributed by atoms with Gasteiger partial charge in [0, 0.05) is 17.7 Å². The van der Waals surface area contributed by atoms with E-state index in [-0.39, 0.29) is 5.41 Å². The van der Waals surface area contributed by atoms with Crippen LogP contribution < -0.4 is 5.69 Å². The van der Waals surface area contributed by atoms with Gasteiger partial charge in [-0.15, -0.1) is 0 Å². The standard InChI is InChI=1S/C9H12N4O4/c1-9(5-17-6-9)4-13-8(16)12(10-11-13)3-2-7(14)15/h2-3H,4-6H2,1H3,(H,14,15)/b3-2+. The molecule has 1 aliphatic rings. The quantitative estimate of drug-likeness (QED) is 0.680. The van der Waals surface area contributed by atoms with Gasteiger partial charge >= 0.3 is 11.7 Å². The largest absolute Gasteiger partial charge is 0.478 e. The van der Waals surface area contributed by atoms with Gasteiger partial charge in [-0.1, -0.05) is 6.92 Å². The number of tetrazole rings is 1. The molecule has 2 rings (SSSR count). The number of carboxylic acid groups (broad SMARTS) is 1. The molecule has 0 aromatic carbocycles. The third-order valence-corrected chi connectivity index (χ3v) is 2.45. The van der Waals surface area contributed by atoms with Gasteiger partial charge in [-0.3, -0.25) is 0 Å². The van der Waals surface area contributed by atoms with Crippen molar-refractivity contribution in [3.05, 3.63) is 16.6 Å². The highest BCUT2D eigenvalue weighted by Gasteiger charge is 2.34. The zero-order valence-electron chi connectivity index (χ0n) is 9.24. The van der Waals surface area contributed by atoms with Crippen molar-refractivity contribution >= 4 is 12.2 Å². The molecule has 0 atom stereocenters. The lowest BCUT2D eigenvalue weighted by Crippen LogP contribution is -2.45. The highest BCUT2D eigenvalue weighted by Crippen LogP contribution is 2.27. The van der Waals surface area contributed by atoms with Crippen LogP contribution in [0.2, 0.25) is 0 Å². The number of carboxylic acids is 1. The molecule has 92 valence electrons. The van der Waals surface area contributed by atoms with E-state index in [9.17, 15) is 9.59 Å². The van der Waals surface area contributed by atoms with Crippen LogP contribution in [0.25, 0.3) is 6.20 Å². The average Bonchev–Trinajstić information content (AvgIpc) is 2.55. The summed E-state index contributed by atoms with van der Waals surface area (Å²) in [6, 6.07) is 0. The summed E-state index contributed by atoms with van der Waals surface area (Å²) in [5.74, 6) is -1.15. The van der Waals surface area contributed by atoms with Crippen LogP contribution in [-0.4, -0.2) is 44.1 Å². The zero-order chi connectivity index (χ0) is 12.5. The highest BCUT2D eigenvalue weighted by molar-refractivity contribution is 5.82. The molecule has 8 nitrogen and oxygen atoms in total. The third-order valence-electron chi connectivity index (χ3n) is 2.45. The molecule has 1 saturated heterocycles. The van der Waals surface area contributed by atoms with Gasteiger partial charge in [-0.25, -0.2) is 9.59 Å². The number of aromatic nitrogens is 4. The number of hydrogen-bond donors (Lipinski definition) is 1. The van der Waals surface area contributed by atoms with Crippen molar-refractivity contribution in [1.29, 1.82) is 0 Å². The Morgan fingerprint density at radius 3 is 2.82 bits per heavy atom. The summed E-state index contributed by atoms with van der Waals surface area (Å²) >= 11 is 0. The van der Waals surface area contributed by atoms with E-state index >= 15 is 0 Å². The SMILES string of the molecule is CC1(Cn2nnn(/C=C/C(=O)O)c2=O)COC1. The van der Waals surface area contributed by atoms with Crippen molar-refractivity contribution < 1.29 is 14.6 Å². The lowest BCUT2D eigenvalue weighted by Gasteiger charge is -2.37. The predicted molar refractivity (Wildman–Crippen MR) is 56.2 cm³/mol. The minimum atomic E-state index is -1.15. The molecule has 0 amide bonds. The van der Waals surface area contributed by atoms with E-state index in [2.05, 4.69) is 10.4 Å². The Morgan fingerprint density at radius 1 is 1.59 bits per heavy atom. The number of hydrogen-bond acceptors (Lipinski definition) is 5. The molecule has 8 heteroatoms. The first-order chi connectivity index (χ1) is 8.00. The van der Waals surface area contributed by atoms with Crippen molar-refractivity contribution in [3.63, 3.8) is 0 Å². The molecule has 0 bridgehead atoms. The molecule has 2 heterocycles. The van der Waals surface area contributed by atoms with Crippen LogP contribution in [0.4, 0.5) is 0 Å². The number of carbonyl (C=O) groups is 1. The van der Waals surface area contributed by atoms with Gasteiger partial charge in [-0.05, 0) is 10.4 Å². The lowest BCUT2D eigenvalue weighted by atomic mass is 9.89. The summed E-state index contributed by atoms with van der Waals surface area (Å²) in [6.45, 7) is 3.55. The van der Waals surface area contributed by atoms with E-state index in [0.29, 0.717) is 19.8 Å². The summed E-state index contributed by atoms with van der Waals surface area (Å²) < 4.78 is 7.16. The predicted octanol–water partition coefficient (Wildman–Crippen LogP) is -0.968. The first-order valence-corrected chi connectivity index (χ1v) is 5.01. The molecular weight excluding hydrogens is 228 g/mol. The molecule has 1 N–H and O–H groups in total. The summed E-state index contributed by atoms with van der Waals surface area (Å²) in [5.41, 5.74) is -0.558. The van der Waals surface area contributed by atoms with Gasteiger partial charge in [0.15, 0.2) is 0 Å². The Labute approximate surface area is 96.1 Å². The second kappa shape index (κ2) is 4.13. The van der Waals surface area contributed by atoms with Gasteiger partial charge in [0.2, 0.25) is 0 Å². The Kier molecular flexibility index (Phi) is 2.80. The summed E-state index contributed by atoms with van der Waals surface area (Å²) in [4.78, 5) is 22.0. The first kappa shape index (κ1) is 11.5. The van der Waals surface area contributed by atoms with Gasteiger partial charge in [0.25, 0.3) is 0 Å². The number of rotatable bonds is 4. The van der Waals surface area contributed by atoms with Gasteiger partial charge < -0.3 is 9.84 Å². The number of aliphatic carboxylic acids is 1. The first-order valence-electron chi connectivity index (χ1n) is 5.01. The fourth-order valence-electron chi connectivity index (χ4n) is 1.52. The van der Waals surface area contributed by atoms with Crippen LogP contribution in [0.15, 0.2) is 10.9 Å². The minimum Gasteiger partial charge on any atom is -0.478 e. The Bertz CT molecular complexity index is 511. The van der Waals surface area contributed by atoms with Crippen LogP contribution in [0.1, 0.15) is 6.92 Å². The second-order valence-electron chi connectivity index (χ2n) is 4.32. The Balaban J connectivity index is 2.15. The van der Waals surface area contributed by atoms with Crippen molar-refractivity contribution in [2.24, 2.45) is 5.41 Å². The Morgan fingerprint density at radius 2 is 2.29 bits per heavy atom. The van der Waals surface area contributed by atoms with E-state index in [0.717, 1.165) is 17.0 Å². The fraction of sp³-hybridized carbons (Fsp3) is 0.556. The fourth-order valence-corrected chi connectivity index (χ4v) is 1.52. The maximum Gasteiger partial charge on any atom is 0.367 e. The minimum absolute atomic E-state index is 0.0960. The average molecular weight is 240 g/mol. The van der Waals surface area contributed by atoms with Crippen molar-refractivity contribution in [2.45, 2.75) is 13.5 Å². The molecule has 0 radical (unpaired) electrons. The van der Waals surface area contributed by atoms with E-state index in [4.69, 9.17) is 9.84 Å². The van der Waals surface area contributed by atoms with E-state index in [1.54, 1.807) is 0 Å². The summed E-state index contributed by atoms with van der Waals surface area (Å²) in [7, 11) is 0. The molecule has 0 unspecified atom stereocenters. The zero-order valence-corrected chi connectivity index (χ0v) is 9.24. The molecule has 0 spiro atoms. The summed E-state index contributed by atoms with van der Waals surface area (Å²) in [5, 5.41) is 15.7. The van der Waals surface area contributed by atoms with Crippen molar-refractivity contribution in [3.8, 4) is 0 Å². The van der Waals surface area contributed by atoms with Gasteiger partial charge in [-0.2, -0.15) is 9.36 Å². The normalized spacial score (nSPS) is 18.2. The molecule has 17 heavy (non-hydrogen) atoms. The highest BCUT2D eigenvalue weighted by atomic mass is 16.5. The van der Waals surface area contributed by atoms with Crippen LogP contribution >= 0.6 is 0 Å². The molecule has 0 saturated carbocycles.